The van der Waals surface area contributed by atoms with E-state index >= 15 is 0 Å². The summed E-state index contributed by atoms with van der Waals surface area (Å²) in [5.74, 6) is 1.73. The number of methoxy groups -OCH3 is 1. The minimum absolute atomic E-state index is 0.0245. The molecule has 2 aliphatic rings. The molecule has 1 fully saturated rings. The number of fused-ring (bicyclic) bond motifs is 2. The number of carbonyl (C=O) groups excluding carboxylic acids is 1. The fourth-order valence-electron chi connectivity index (χ4n) is 3.97. The number of hydrogen-bond acceptors (Lipinski definition) is 5. The molecule has 34 heavy (non-hydrogen) atoms. The van der Waals surface area contributed by atoms with Crippen LogP contribution in [0.4, 0.5) is 23.7 Å². The van der Waals surface area contributed by atoms with E-state index in [0.717, 1.165) is 12.1 Å². The minimum Gasteiger partial charge on any atom is -0.497 e. The lowest BCUT2D eigenvalue weighted by Gasteiger charge is -2.26. The fraction of sp³-hybridized carbons (Fsp3) is 0.417. The molecule has 0 atom stereocenters. The second kappa shape index (κ2) is 9.44. The Balaban J connectivity index is 1.72. The Morgan fingerprint density at radius 2 is 1.88 bits per heavy atom. The van der Waals surface area contributed by atoms with Gasteiger partial charge in [-0.3, -0.25) is 0 Å². The third-order valence-corrected chi connectivity index (χ3v) is 5.66. The molecule has 0 unspecified atom stereocenters. The third kappa shape index (κ3) is 5.05. The number of nitrogens with one attached hydrogen (secondary N) is 1. The van der Waals surface area contributed by atoms with E-state index in [4.69, 9.17) is 9.47 Å². The van der Waals surface area contributed by atoms with Gasteiger partial charge in [-0.05, 0) is 50.6 Å². The highest BCUT2D eigenvalue weighted by Gasteiger charge is 2.33. The standard InChI is InChI=1S/C24H27F3N4O3/c1-15(2)28-23(32)31-10-4-9-30(11-12-31)22-18-7-6-17(33-3)14-21(18)34-20-8-5-16(24(25,26)27)13-19(20)29-22/h5-8,13-15H,4,9-12H2,1-3H3,(H,28,32). The predicted molar refractivity (Wildman–Crippen MR) is 122 cm³/mol. The molecule has 4 rings (SSSR count). The Morgan fingerprint density at radius 3 is 2.59 bits per heavy atom. The number of amidine groups is 1. The molecular formula is C24H27F3N4O3. The van der Waals surface area contributed by atoms with Crippen molar-refractivity contribution in [3.63, 3.8) is 0 Å². The van der Waals surface area contributed by atoms with Crippen LogP contribution in [0.1, 0.15) is 31.4 Å². The van der Waals surface area contributed by atoms with Crippen molar-refractivity contribution >= 4 is 17.6 Å². The van der Waals surface area contributed by atoms with Crippen LogP contribution in [0.25, 0.3) is 0 Å². The third-order valence-electron chi connectivity index (χ3n) is 5.66. The molecule has 1 N–H and O–H groups in total. The van der Waals surface area contributed by atoms with E-state index in [0.29, 0.717) is 55.5 Å². The number of alkyl halides is 3. The summed E-state index contributed by atoms with van der Waals surface area (Å²) in [7, 11) is 1.53. The van der Waals surface area contributed by atoms with Crippen molar-refractivity contribution in [2.24, 2.45) is 4.99 Å². The van der Waals surface area contributed by atoms with Gasteiger partial charge in [0.1, 0.15) is 23.0 Å². The second-order valence-electron chi connectivity index (χ2n) is 8.51. The van der Waals surface area contributed by atoms with Crippen molar-refractivity contribution in [3.8, 4) is 17.2 Å². The zero-order valence-corrected chi connectivity index (χ0v) is 19.3. The van der Waals surface area contributed by atoms with Crippen LogP contribution in [-0.2, 0) is 6.18 Å². The van der Waals surface area contributed by atoms with Crippen molar-refractivity contribution in [1.82, 2.24) is 15.1 Å². The molecule has 2 amide bonds. The van der Waals surface area contributed by atoms with Crippen molar-refractivity contribution in [2.75, 3.05) is 33.3 Å². The van der Waals surface area contributed by atoms with Crippen molar-refractivity contribution in [1.29, 1.82) is 0 Å². The second-order valence-corrected chi connectivity index (χ2v) is 8.51. The zero-order valence-electron chi connectivity index (χ0n) is 19.3. The molecule has 0 radical (unpaired) electrons. The van der Waals surface area contributed by atoms with E-state index in [9.17, 15) is 18.0 Å². The molecule has 0 aliphatic carbocycles. The quantitative estimate of drug-likeness (QED) is 0.661. The molecule has 2 heterocycles. The molecule has 2 aliphatic heterocycles. The molecule has 2 aromatic rings. The summed E-state index contributed by atoms with van der Waals surface area (Å²) in [6.07, 6.45) is -3.81. The van der Waals surface area contributed by atoms with Gasteiger partial charge in [0.05, 0.1) is 18.2 Å². The maximum atomic E-state index is 13.4. The molecule has 10 heteroatoms. The average Bonchev–Trinajstić information content (AvgIpc) is 3.11. The average molecular weight is 476 g/mol. The number of benzene rings is 2. The molecule has 1 saturated heterocycles. The summed E-state index contributed by atoms with van der Waals surface area (Å²) in [6, 6.07) is 8.40. The van der Waals surface area contributed by atoms with Crippen molar-refractivity contribution in [2.45, 2.75) is 32.5 Å². The van der Waals surface area contributed by atoms with Crippen LogP contribution in [0.5, 0.6) is 17.2 Å². The summed E-state index contributed by atoms with van der Waals surface area (Å²) in [5.41, 5.74) is -0.0572. The first kappa shape index (κ1) is 23.7. The van der Waals surface area contributed by atoms with Crippen LogP contribution in [0.2, 0.25) is 0 Å². The Kier molecular flexibility index (Phi) is 6.58. The maximum absolute atomic E-state index is 13.4. The number of ether oxygens (including phenoxy) is 2. The van der Waals surface area contributed by atoms with E-state index in [2.05, 4.69) is 10.3 Å². The molecule has 0 bridgehead atoms. The molecule has 0 saturated carbocycles. The van der Waals surface area contributed by atoms with E-state index in [1.807, 2.05) is 18.7 Å². The van der Waals surface area contributed by atoms with Gasteiger partial charge in [-0.25, -0.2) is 9.79 Å². The Hall–Kier alpha value is -3.43. The van der Waals surface area contributed by atoms with Gasteiger partial charge >= 0.3 is 12.2 Å². The minimum atomic E-state index is -4.50. The molecule has 182 valence electrons. The van der Waals surface area contributed by atoms with E-state index in [-0.39, 0.29) is 23.5 Å². The lowest BCUT2D eigenvalue weighted by Crippen LogP contribution is -2.44. The van der Waals surface area contributed by atoms with Gasteiger partial charge in [-0.2, -0.15) is 13.2 Å². The van der Waals surface area contributed by atoms with Crippen LogP contribution in [0, 0.1) is 0 Å². The van der Waals surface area contributed by atoms with Crippen LogP contribution in [0.3, 0.4) is 0 Å². The highest BCUT2D eigenvalue weighted by molar-refractivity contribution is 6.04. The summed E-state index contributed by atoms with van der Waals surface area (Å²) < 4.78 is 51.4. The van der Waals surface area contributed by atoms with Gasteiger partial charge in [0, 0.05) is 38.3 Å². The highest BCUT2D eigenvalue weighted by atomic mass is 19.4. The Morgan fingerprint density at radius 1 is 1.09 bits per heavy atom. The molecule has 7 nitrogen and oxygen atoms in total. The monoisotopic (exact) mass is 476 g/mol. The smallest absolute Gasteiger partial charge is 0.416 e. The lowest BCUT2D eigenvalue weighted by atomic mass is 10.1. The summed E-state index contributed by atoms with van der Waals surface area (Å²) in [5, 5.41) is 2.90. The summed E-state index contributed by atoms with van der Waals surface area (Å²) in [4.78, 5) is 20.9. The number of urea groups is 1. The summed E-state index contributed by atoms with van der Waals surface area (Å²) >= 11 is 0. The van der Waals surface area contributed by atoms with E-state index < -0.39 is 11.7 Å². The largest absolute Gasteiger partial charge is 0.497 e. The van der Waals surface area contributed by atoms with Gasteiger partial charge in [0.25, 0.3) is 0 Å². The van der Waals surface area contributed by atoms with Gasteiger partial charge in [0.2, 0.25) is 0 Å². The van der Waals surface area contributed by atoms with Crippen molar-refractivity contribution in [3.05, 3.63) is 47.5 Å². The van der Waals surface area contributed by atoms with E-state index in [1.165, 1.54) is 13.2 Å². The van der Waals surface area contributed by atoms with E-state index in [1.54, 1.807) is 23.1 Å². The molecule has 0 spiro atoms. The number of carbonyl (C=O) groups is 1. The van der Waals surface area contributed by atoms with Crippen molar-refractivity contribution < 1.29 is 27.4 Å². The number of amides is 2. The maximum Gasteiger partial charge on any atom is 0.416 e. The zero-order chi connectivity index (χ0) is 24.5. The number of halogens is 3. The first-order chi connectivity index (χ1) is 16.2. The number of nitrogens with zero attached hydrogens (tertiary/aromatic N) is 3. The highest BCUT2D eigenvalue weighted by Crippen LogP contribution is 2.42. The van der Waals surface area contributed by atoms with Crippen LogP contribution >= 0.6 is 0 Å². The first-order valence-corrected chi connectivity index (χ1v) is 11.1. The van der Waals surface area contributed by atoms with Gasteiger partial charge < -0.3 is 24.6 Å². The lowest BCUT2D eigenvalue weighted by molar-refractivity contribution is -0.137. The first-order valence-electron chi connectivity index (χ1n) is 11.1. The number of aliphatic imine (C=N–C) groups is 1. The van der Waals surface area contributed by atoms with Crippen LogP contribution in [-0.4, -0.2) is 61.0 Å². The Bertz CT molecular complexity index is 1100. The SMILES string of the molecule is COc1ccc2c(c1)Oc1ccc(C(F)(F)F)cc1N=C2N1CCCN(C(=O)NC(C)C)CC1. The van der Waals surface area contributed by atoms with Crippen LogP contribution in [0.15, 0.2) is 41.4 Å². The topological polar surface area (TPSA) is 66.4 Å². The normalized spacial score (nSPS) is 16.0. The predicted octanol–water partition coefficient (Wildman–Crippen LogP) is 5.02. The van der Waals surface area contributed by atoms with Gasteiger partial charge in [-0.1, -0.05) is 0 Å². The van der Waals surface area contributed by atoms with Crippen LogP contribution < -0.4 is 14.8 Å². The van der Waals surface area contributed by atoms with Gasteiger partial charge in [0.15, 0.2) is 5.75 Å². The fourth-order valence-corrected chi connectivity index (χ4v) is 3.97. The molecule has 2 aromatic carbocycles. The molecule has 0 aromatic heterocycles. The number of hydrogen-bond donors (Lipinski definition) is 1. The number of rotatable bonds is 2. The molecular weight excluding hydrogens is 449 g/mol. The summed E-state index contributed by atoms with van der Waals surface area (Å²) in [6.45, 7) is 5.90. The Labute approximate surface area is 196 Å². The van der Waals surface area contributed by atoms with Gasteiger partial charge in [-0.15, -0.1) is 0 Å².